The molecule has 0 spiro atoms. The van der Waals surface area contributed by atoms with Gasteiger partial charge in [-0.1, -0.05) is 34.6 Å². The molecule has 24 heavy (non-hydrogen) atoms. The maximum absolute atomic E-state index is 12.5. The minimum atomic E-state index is -4.52. The third-order valence-corrected chi connectivity index (χ3v) is 3.35. The van der Waals surface area contributed by atoms with E-state index in [1.54, 1.807) is 0 Å². The number of carbonyl (C=O) groups excluding carboxylic acids is 2. The second-order valence-electron chi connectivity index (χ2n) is 4.83. The topological polar surface area (TPSA) is 75.6 Å². The highest BCUT2D eigenvalue weighted by Crippen LogP contribution is 2.30. The number of aliphatic hydroxyl groups excluding tert-OH is 1. The number of aliphatic hydroxyl groups is 1. The average Bonchev–Trinajstić information content (AvgIpc) is 2.51. The second kappa shape index (κ2) is 8.29. The molecule has 0 aliphatic rings. The molecule has 0 heterocycles. The summed E-state index contributed by atoms with van der Waals surface area (Å²) in [5.74, 6) is -1.69. The number of rotatable bonds is 6. The highest BCUT2D eigenvalue weighted by molar-refractivity contribution is 9.11. The fraction of sp³-hybridized carbons (Fsp3) is 0.333. The molecule has 132 valence electrons. The molecule has 9 heteroatoms. The first-order chi connectivity index (χ1) is 11.1. The fourth-order valence-corrected chi connectivity index (χ4v) is 2.14. The van der Waals surface area contributed by atoms with E-state index in [1.807, 2.05) is 0 Å². The van der Waals surface area contributed by atoms with Gasteiger partial charge in [-0.3, -0.25) is 4.79 Å². The molecule has 0 aromatic heterocycles. The van der Waals surface area contributed by atoms with Crippen molar-refractivity contribution in [2.75, 3.05) is 7.11 Å². The van der Waals surface area contributed by atoms with E-state index >= 15 is 0 Å². The largest absolute Gasteiger partial charge is 0.467 e. The van der Waals surface area contributed by atoms with E-state index in [0.717, 1.165) is 31.4 Å². The summed E-state index contributed by atoms with van der Waals surface area (Å²) in [6.07, 6.45) is -6.22. The van der Waals surface area contributed by atoms with Crippen LogP contribution in [-0.4, -0.2) is 30.1 Å². The summed E-state index contributed by atoms with van der Waals surface area (Å²) >= 11 is 3.05. The van der Waals surface area contributed by atoms with Gasteiger partial charge in [0.2, 0.25) is 0 Å². The summed E-state index contributed by atoms with van der Waals surface area (Å²) in [7, 11) is 1.13. The molecular weight excluding hydrogens is 395 g/mol. The zero-order valence-electron chi connectivity index (χ0n) is 12.6. The maximum Gasteiger partial charge on any atom is 0.416 e. The quantitative estimate of drug-likeness (QED) is 0.708. The smallest absolute Gasteiger partial charge is 0.416 e. The third-order valence-electron chi connectivity index (χ3n) is 3.03. The van der Waals surface area contributed by atoms with Gasteiger partial charge >= 0.3 is 12.1 Å². The predicted molar refractivity (Wildman–Crippen MR) is 83.0 cm³/mol. The lowest BCUT2D eigenvalue weighted by Crippen LogP contribution is -2.43. The summed E-state index contributed by atoms with van der Waals surface area (Å²) in [4.78, 5) is 23.6. The number of hydrogen-bond acceptors (Lipinski definition) is 4. The molecule has 0 aliphatic heterocycles. The van der Waals surface area contributed by atoms with E-state index < -0.39 is 35.8 Å². The second-order valence-corrected chi connectivity index (χ2v) is 5.95. The van der Waals surface area contributed by atoms with Gasteiger partial charge in [0.1, 0.15) is 6.04 Å². The summed E-state index contributed by atoms with van der Waals surface area (Å²) in [6.45, 7) is 3.54. The van der Waals surface area contributed by atoms with Gasteiger partial charge in [0.05, 0.1) is 12.7 Å². The summed E-state index contributed by atoms with van der Waals surface area (Å²) in [5.41, 5.74) is -0.941. The van der Waals surface area contributed by atoms with Crippen molar-refractivity contribution in [3.05, 3.63) is 46.5 Å². The molecule has 0 radical (unpaired) electrons. The molecule has 1 aromatic rings. The van der Waals surface area contributed by atoms with Gasteiger partial charge in [-0.15, -0.1) is 0 Å². The summed E-state index contributed by atoms with van der Waals surface area (Å²) < 4.78 is 42.4. The van der Waals surface area contributed by atoms with Crippen molar-refractivity contribution in [3.63, 3.8) is 0 Å². The lowest BCUT2D eigenvalue weighted by atomic mass is 10.1. The highest BCUT2D eigenvalue weighted by Gasteiger charge is 2.31. The van der Waals surface area contributed by atoms with Gasteiger partial charge in [0.15, 0.2) is 6.10 Å². The molecule has 0 fully saturated rings. The van der Waals surface area contributed by atoms with Gasteiger partial charge in [-0.05, 0) is 22.2 Å². The number of methoxy groups -OCH3 is 1. The Morgan fingerprint density at radius 3 is 2.29 bits per heavy atom. The Labute approximate surface area is 144 Å². The third kappa shape index (κ3) is 5.64. The molecule has 0 saturated carbocycles. The Bertz CT molecular complexity index is 616. The van der Waals surface area contributed by atoms with Gasteiger partial charge in [0.25, 0.3) is 5.91 Å². The minimum Gasteiger partial charge on any atom is -0.467 e. The van der Waals surface area contributed by atoms with Crippen LogP contribution < -0.4 is 5.32 Å². The van der Waals surface area contributed by atoms with E-state index in [-0.39, 0.29) is 12.0 Å². The van der Waals surface area contributed by atoms with Crippen LogP contribution in [-0.2, 0) is 20.5 Å². The van der Waals surface area contributed by atoms with Crippen LogP contribution >= 0.6 is 15.9 Å². The van der Waals surface area contributed by atoms with E-state index in [0.29, 0.717) is 4.48 Å². The number of hydrogen-bond donors (Lipinski definition) is 2. The summed E-state index contributed by atoms with van der Waals surface area (Å²) in [6, 6.07) is 2.40. The Morgan fingerprint density at radius 1 is 1.33 bits per heavy atom. The molecule has 1 aromatic carbocycles. The van der Waals surface area contributed by atoms with Gasteiger partial charge in [0, 0.05) is 6.42 Å². The lowest BCUT2D eigenvalue weighted by molar-refractivity contribution is -0.146. The Balaban J connectivity index is 2.85. The van der Waals surface area contributed by atoms with E-state index in [4.69, 9.17) is 0 Å². The number of ether oxygens (including phenoxy) is 1. The van der Waals surface area contributed by atoms with Crippen molar-refractivity contribution in [1.29, 1.82) is 0 Å². The number of nitrogens with one attached hydrogen (secondary N) is 1. The van der Waals surface area contributed by atoms with Crippen molar-refractivity contribution in [2.24, 2.45) is 0 Å². The molecule has 1 amide bonds. The monoisotopic (exact) mass is 409 g/mol. The SMILES string of the molecule is C=C(Br)C[C@@H](NC(=O)[C@H](O)c1ccc(C(F)(F)F)cc1)C(=O)OC. The molecule has 1 rings (SSSR count). The molecule has 5 nitrogen and oxygen atoms in total. The molecule has 2 atom stereocenters. The standard InChI is InChI=1S/C15H15BrF3NO4/c1-8(16)7-11(14(23)24-2)20-13(22)12(21)9-3-5-10(6-4-9)15(17,18)19/h3-6,11-12,21H,1,7H2,2H3,(H,20,22)/t11-,12-/m1/s1. The first kappa shape index (κ1) is 20.2. The Hall–Kier alpha value is -1.87. The number of benzene rings is 1. The first-order valence-corrected chi connectivity index (χ1v) is 7.42. The molecule has 2 N–H and O–H groups in total. The zero-order valence-corrected chi connectivity index (χ0v) is 14.1. The van der Waals surface area contributed by atoms with Crippen LogP contribution in [0.3, 0.4) is 0 Å². The Kier molecular flexibility index (Phi) is 6.97. The van der Waals surface area contributed by atoms with Crippen molar-refractivity contribution < 1.29 is 32.6 Å². The normalized spacial score (nSPS) is 13.8. The maximum atomic E-state index is 12.5. The fourth-order valence-electron chi connectivity index (χ4n) is 1.81. The highest BCUT2D eigenvalue weighted by atomic mass is 79.9. The van der Waals surface area contributed by atoms with Crippen molar-refractivity contribution in [3.8, 4) is 0 Å². The van der Waals surface area contributed by atoms with Gasteiger partial charge in [-0.2, -0.15) is 13.2 Å². The van der Waals surface area contributed by atoms with Crippen LogP contribution in [0, 0.1) is 0 Å². The first-order valence-electron chi connectivity index (χ1n) is 6.63. The number of alkyl halides is 3. The average molecular weight is 410 g/mol. The van der Waals surface area contributed by atoms with Gasteiger partial charge < -0.3 is 15.2 Å². The van der Waals surface area contributed by atoms with Crippen LogP contribution in [0.2, 0.25) is 0 Å². The lowest BCUT2D eigenvalue weighted by Gasteiger charge is -2.19. The molecule has 0 bridgehead atoms. The molecule has 0 unspecified atom stereocenters. The molecule has 0 saturated heterocycles. The van der Waals surface area contributed by atoms with Crippen LogP contribution in [0.15, 0.2) is 35.3 Å². The van der Waals surface area contributed by atoms with E-state index in [9.17, 15) is 27.9 Å². The summed E-state index contributed by atoms with van der Waals surface area (Å²) in [5, 5.41) is 12.2. The number of esters is 1. The Morgan fingerprint density at radius 2 is 1.88 bits per heavy atom. The zero-order chi connectivity index (χ0) is 18.5. The van der Waals surface area contributed by atoms with E-state index in [1.165, 1.54) is 0 Å². The minimum absolute atomic E-state index is 0.0259. The van der Waals surface area contributed by atoms with Crippen molar-refractivity contribution in [1.82, 2.24) is 5.32 Å². The van der Waals surface area contributed by atoms with E-state index in [2.05, 4.69) is 32.6 Å². The predicted octanol–water partition coefficient (Wildman–Crippen LogP) is 2.70. The molecular formula is C15H15BrF3NO4. The van der Waals surface area contributed by atoms with Crippen LogP contribution in [0.4, 0.5) is 13.2 Å². The van der Waals surface area contributed by atoms with Crippen LogP contribution in [0.1, 0.15) is 23.7 Å². The number of amides is 1. The van der Waals surface area contributed by atoms with Crippen molar-refractivity contribution in [2.45, 2.75) is 24.7 Å². The van der Waals surface area contributed by atoms with Crippen molar-refractivity contribution >= 4 is 27.8 Å². The number of carbonyl (C=O) groups is 2. The van der Waals surface area contributed by atoms with Crippen LogP contribution in [0.25, 0.3) is 0 Å². The molecule has 0 aliphatic carbocycles. The van der Waals surface area contributed by atoms with Gasteiger partial charge in [-0.25, -0.2) is 4.79 Å². The van der Waals surface area contributed by atoms with Crippen LogP contribution in [0.5, 0.6) is 0 Å². The number of halogens is 4.